The molecule has 2 aromatic rings. The second kappa shape index (κ2) is 4.20. The molecule has 0 atom stereocenters. The van der Waals surface area contributed by atoms with Gasteiger partial charge in [-0.05, 0) is 17.7 Å². The van der Waals surface area contributed by atoms with Crippen LogP contribution in [0.25, 0.3) is 10.4 Å². The zero-order valence-corrected chi connectivity index (χ0v) is 8.46. The molecule has 0 bridgehead atoms. The van der Waals surface area contributed by atoms with Crippen LogP contribution in [0.4, 0.5) is 0 Å². The molecular formula is C12H10OS. The molecule has 14 heavy (non-hydrogen) atoms. The van der Waals surface area contributed by atoms with Crippen LogP contribution < -0.4 is 0 Å². The number of thiophene rings is 1. The Morgan fingerprint density at radius 2 is 1.86 bits per heavy atom. The number of rotatable bonds is 3. The first-order chi connectivity index (χ1) is 6.90. The molecule has 0 saturated carbocycles. The Bertz CT molecular complexity index is 417. The molecule has 0 amide bonds. The van der Waals surface area contributed by atoms with Crippen molar-refractivity contribution in [2.45, 2.75) is 6.42 Å². The zero-order chi connectivity index (χ0) is 9.80. The van der Waals surface area contributed by atoms with E-state index in [4.69, 9.17) is 0 Å². The molecule has 0 spiro atoms. The van der Waals surface area contributed by atoms with Crippen LogP contribution in [0, 0.1) is 0 Å². The van der Waals surface area contributed by atoms with E-state index < -0.39 is 0 Å². The molecule has 1 aromatic carbocycles. The summed E-state index contributed by atoms with van der Waals surface area (Å²) in [5.41, 5.74) is 1.22. The van der Waals surface area contributed by atoms with Crippen molar-refractivity contribution in [1.29, 1.82) is 0 Å². The molecule has 2 rings (SSSR count). The van der Waals surface area contributed by atoms with E-state index in [1.807, 2.05) is 24.3 Å². The van der Waals surface area contributed by atoms with Crippen molar-refractivity contribution in [3.8, 4) is 10.4 Å². The van der Waals surface area contributed by atoms with Crippen LogP contribution in [0.15, 0.2) is 42.5 Å². The standard InChI is InChI=1S/C12H10OS/c13-9-8-11-6-7-12(14-11)10-4-2-1-3-5-10/h1-7,9H,8H2. The average molecular weight is 202 g/mol. The van der Waals surface area contributed by atoms with Crippen LogP contribution in [0.2, 0.25) is 0 Å². The highest BCUT2D eigenvalue weighted by atomic mass is 32.1. The summed E-state index contributed by atoms with van der Waals surface area (Å²) in [6.45, 7) is 0. The maximum absolute atomic E-state index is 10.3. The summed E-state index contributed by atoms with van der Waals surface area (Å²) in [6, 6.07) is 14.3. The third-order valence-corrected chi connectivity index (χ3v) is 3.16. The first-order valence-electron chi connectivity index (χ1n) is 4.48. The highest BCUT2D eigenvalue weighted by molar-refractivity contribution is 7.15. The third-order valence-electron chi connectivity index (χ3n) is 2.00. The Hall–Kier alpha value is -1.41. The van der Waals surface area contributed by atoms with E-state index in [2.05, 4.69) is 18.2 Å². The molecule has 1 heterocycles. The van der Waals surface area contributed by atoms with Crippen molar-refractivity contribution >= 4 is 17.6 Å². The Balaban J connectivity index is 2.29. The predicted octanol–water partition coefficient (Wildman–Crippen LogP) is 3.16. The Kier molecular flexibility index (Phi) is 2.75. The number of hydrogen-bond donors (Lipinski definition) is 0. The fourth-order valence-corrected chi connectivity index (χ4v) is 2.29. The molecule has 1 nitrogen and oxygen atoms in total. The quantitative estimate of drug-likeness (QED) is 0.699. The lowest BCUT2D eigenvalue weighted by molar-refractivity contribution is -0.107. The lowest BCUT2D eigenvalue weighted by Gasteiger charge is -1.94. The van der Waals surface area contributed by atoms with E-state index in [9.17, 15) is 4.79 Å². The summed E-state index contributed by atoms with van der Waals surface area (Å²) in [5.74, 6) is 0. The van der Waals surface area contributed by atoms with Crippen LogP contribution in [0.3, 0.4) is 0 Å². The summed E-state index contributed by atoms with van der Waals surface area (Å²) in [7, 11) is 0. The number of carbonyl (C=O) groups excluding carboxylic acids is 1. The van der Waals surface area contributed by atoms with Crippen LogP contribution in [0.1, 0.15) is 4.88 Å². The predicted molar refractivity (Wildman–Crippen MR) is 59.5 cm³/mol. The molecule has 0 N–H and O–H groups in total. The maximum Gasteiger partial charge on any atom is 0.125 e. The molecule has 0 radical (unpaired) electrons. The van der Waals surface area contributed by atoms with Gasteiger partial charge in [0.05, 0.1) is 0 Å². The van der Waals surface area contributed by atoms with Gasteiger partial charge in [-0.25, -0.2) is 0 Å². The monoisotopic (exact) mass is 202 g/mol. The lowest BCUT2D eigenvalue weighted by atomic mass is 10.2. The topological polar surface area (TPSA) is 17.1 Å². The van der Waals surface area contributed by atoms with Gasteiger partial charge in [-0.15, -0.1) is 11.3 Å². The highest BCUT2D eigenvalue weighted by Gasteiger charge is 2.00. The van der Waals surface area contributed by atoms with Crippen molar-refractivity contribution in [1.82, 2.24) is 0 Å². The smallest absolute Gasteiger partial charge is 0.125 e. The van der Waals surface area contributed by atoms with Gasteiger partial charge in [-0.3, -0.25) is 0 Å². The lowest BCUT2D eigenvalue weighted by Crippen LogP contribution is -1.76. The summed E-state index contributed by atoms with van der Waals surface area (Å²) in [4.78, 5) is 12.7. The molecule has 0 aliphatic heterocycles. The Morgan fingerprint density at radius 3 is 2.57 bits per heavy atom. The van der Waals surface area contributed by atoms with E-state index in [0.717, 1.165) is 11.2 Å². The van der Waals surface area contributed by atoms with Crippen LogP contribution in [0.5, 0.6) is 0 Å². The van der Waals surface area contributed by atoms with Gasteiger partial charge in [0.15, 0.2) is 0 Å². The zero-order valence-electron chi connectivity index (χ0n) is 7.64. The SMILES string of the molecule is O=CCc1ccc(-c2ccccc2)s1. The fraction of sp³-hybridized carbons (Fsp3) is 0.0833. The van der Waals surface area contributed by atoms with E-state index >= 15 is 0 Å². The van der Waals surface area contributed by atoms with E-state index in [0.29, 0.717) is 6.42 Å². The molecular weight excluding hydrogens is 192 g/mol. The average Bonchev–Trinajstić information content (AvgIpc) is 2.68. The van der Waals surface area contributed by atoms with Gasteiger partial charge in [0.2, 0.25) is 0 Å². The van der Waals surface area contributed by atoms with E-state index in [1.54, 1.807) is 11.3 Å². The van der Waals surface area contributed by atoms with Crippen molar-refractivity contribution in [2.24, 2.45) is 0 Å². The second-order valence-electron chi connectivity index (χ2n) is 3.00. The van der Waals surface area contributed by atoms with Gasteiger partial charge < -0.3 is 4.79 Å². The van der Waals surface area contributed by atoms with Gasteiger partial charge in [-0.1, -0.05) is 30.3 Å². The van der Waals surface area contributed by atoms with Crippen molar-refractivity contribution in [3.05, 3.63) is 47.3 Å². The normalized spacial score (nSPS) is 10.0. The summed E-state index contributed by atoms with van der Waals surface area (Å²) in [5, 5.41) is 0. The second-order valence-corrected chi connectivity index (χ2v) is 4.17. The van der Waals surface area contributed by atoms with E-state index in [-0.39, 0.29) is 0 Å². The van der Waals surface area contributed by atoms with Crippen molar-refractivity contribution < 1.29 is 4.79 Å². The van der Waals surface area contributed by atoms with Gasteiger partial charge in [0.25, 0.3) is 0 Å². The molecule has 0 aliphatic rings. The maximum atomic E-state index is 10.3. The van der Waals surface area contributed by atoms with Crippen LogP contribution in [-0.4, -0.2) is 6.29 Å². The first-order valence-corrected chi connectivity index (χ1v) is 5.29. The van der Waals surface area contributed by atoms with Gasteiger partial charge in [0.1, 0.15) is 6.29 Å². The number of benzene rings is 1. The minimum atomic E-state index is 0.525. The van der Waals surface area contributed by atoms with Crippen LogP contribution >= 0.6 is 11.3 Å². The van der Waals surface area contributed by atoms with Crippen LogP contribution in [-0.2, 0) is 11.2 Å². The molecule has 0 unspecified atom stereocenters. The minimum absolute atomic E-state index is 0.525. The summed E-state index contributed by atoms with van der Waals surface area (Å²) < 4.78 is 0. The van der Waals surface area contributed by atoms with Crippen molar-refractivity contribution in [3.63, 3.8) is 0 Å². The first kappa shape index (κ1) is 9.16. The van der Waals surface area contributed by atoms with Crippen molar-refractivity contribution in [2.75, 3.05) is 0 Å². The number of hydrogen-bond acceptors (Lipinski definition) is 2. The largest absolute Gasteiger partial charge is 0.303 e. The van der Waals surface area contributed by atoms with Gasteiger partial charge >= 0.3 is 0 Å². The molecule has 0 aliphatic carbocycles. The number of carbonyl (C=O) groups is 1. The molecule has 1 aromatic heterocycles. The highest BCUT2D eigenvalue weighted by Crippen LogP contribution is 2.27. The molecule has 2 heteroatoms. The van der Waals surface area contributed by atoms with E-state index in [1.165, 1.54) is 10.4 Å². The Labute approximate surface area is 87.0 Å². The molecule has 0 fully saturated rings. The third kappa shape index (κ3) is 1.91. The summed E-state index contributed by atoms with van der Waals surface area (Å²) >= 11 is 1.68. The van der Waals surface area contributed by atoms with Gasteiger partial charge in [0, 0.05) is 16.2 Å². The molecule has 0 saturated heterocycles. The number of aldehydes is 1. The minimum Gasteiger partial charge on any atom is -0.303 e. The fourth-order valence-electron chi connectivity index (χ4n) is 1.33. The Morgan fingerprint density at radius 1 is 1.07 bits per heavy atom. The van der Waals surface area contributed by atoms with Gasteiger partial charge in [-0.2, -0.15) is 0 Å². The molecule has 70 valence electrons. The summed E-state index contributed by atoms with van der Waals surface area (Å²) in [6.07, 6.45) is 1.47.